The smallest absolute Gasteiger partial charge is 0.338 e. The molecule has 0 saturated heterocycles. The lowest BCUT2D eigenvalue weighted by Gasteiger charge is -2.11. The number of hydrogen-bond acceptors (Lipinski definition) is 4. The molecule has 4 heteroatoms. The Balaban J connectivity index is 2.60. The average molecular weight is 284 g/mol. The zero-order valence-electron chi connectivity index (χ0n) is 11.9. The molecule has 2 aromatic rings. The fraction of sp³-hybridized carbons (Fsp3) is 0.176. The number of carbonyl (C=O) groups excluding carboxylic acids is 2. The molecule has 0 saturated carbocycles. The van der Waals surface area contributed by atoms with Gasteiger partial charge < -0.3 is 9.84 Å². The Hall–Kier alpha value is -2.62. The van der Waals surface area contributed by atoms with E-state index in [0.29, 0.717) is 35.1 Å². The van der Waals surface area contributed by atoms with Gasteiger partial charge in [-0.25, -0.2) is 4.79 Å². The van der Waals surface area contributed by atoms with Crippen LogP contribution < -0.4 is 0 Å². The maximum atomic E-state index is 12.0. The van der Waals surface area contributed by atoms with Gasteiger partial charge in [0.15, 0.2) is 6.29 Å². The zero-order valence-corrected chi connectivity index (χ0v) is 11.9. The molecule has 0 fully saturated rings. The Morgan fingerprint density at radius 3 is 2.67 bits per heavy atom. The van der Waals surface area contributed by atoms with E-state index in [1.165, 1.54) is 0 Å². The topological polar surface area (TPSA) is 63.6 Å². The molecular formula is C17H16O4. The van der Waals surface area contributed by atoms with E-state index in [4.69, 9.17) is 4.74 Å². The number of hydrogen-bond donors (Lipinski definition) is 1. The van der Waals surface area contributed by atoms with Crippen LogP contribution in [-0.2, 0) is 4.74 Å². The van der Waals surface area contributed by atoms with Crippen LogP contribution in [0.3, 0.4) is 0 Å². The Labute approximate surface area is 123 Å². The van der Waals surface area contributed by atoms with Crippen LogP contribution in [0.2, 0.25) is 0 Å². The van der Waals surface area contributed by atoms with Crippen molar-refractivity contribution < 1.29 is 19.4 Å². The van der Waals surface area contributed by atoms with E-state index in [1.807, 2.05) is 0 Å². The molecule has 0 amide bonds. The van der Waals surface area contributed by atoms with Crippen molar-refractivity contribution in [1.29, 1.82) is 0 Å². The fourth-order valence-corrected chi connectivity index (χ4v) is 2.17. The summed E-state index contributed by atoms with van der Waals surface area (Å²) in [6, 6.07) is 10.3. The van der Waals surface area contributed by atoms with Crippen molar-refractivity contribution >= 4 is 12.3 Å². The predicted octanol–water partition coefficient (Wildman–Crippen LogP) is 3.36. The van der Waals surface area contributed by atoms with Crippen molar-refractivity contribution in [3.63, 3.8) is 0 Å². The monoisotopic (exact) mass is 284 g/mol. The number of aromatic hydroxyl groups is 1. The Morgan fingerprint density at radius 2 is 2.00 bits per heavy atom. The first-order valence-corrected chi connectivity index (χ1v) is 6.63. The van der Waals surface area contributed by atoms with Crippen LogP contribution in [0.1, 0.15) is 33.2 Å². The van der Waals surface area contributed by atoms with Gasteiger partial charge in [0.1, 0.15) is 5.75 Å². The fourth-order valence-electron chi connectivity index (χ4n) is 2.17. The van der Waals surface area contributed by atoms with Crippen molar-refractivity contribution in [2.24, 2.45) is 0 Å². The summed E-state index contributed by atoms with van der Waals surface area (Å²) in [6.07, 6.45) is 0.596. The molecule has 0 heterocycles. The van der Waals surface area contributed by atoms with Crippen LogP contribution >= 0.6 is 0 Å². The lowest BCUT2D eigenvalue weighted by Crippen LogP contribution is -2.06. The predicted molar refractivity (Wildman–Crippen MR) is 79.6 cm³/mol. The van der Waals surface area contributed by atoms with E-state index in [0.717, 1.165) is 0 Å². The molecule has 0 radical (unpaired) electrons. The number of aldehydes is 1. The summed E-state index contributed by atoms with van der Waals surface area (Å²) in [4.78, 5) is 23.0. The molecule has 0 atom stereocenters. The number of carbonyl (C=O) groups is 2. The Bertz CT molecular complexity index is 689. The molecule has 1 N–H and O–H groups in total. The summed E-state index contributed by atoms with van der Waals surface area (Å²) in [5.41, 5.74) is 2.57. The third-order valence-electron chi connectivity index (χ3n) is 3.19. The molecule has 2 aromatic carbocycles. The minimum atomic E-state index is -0.411. The quantitative estimate of drug-likeness (QED) is 0.690. The van der Waals surface area contributed by atoms with E-state index >= 15 is 0 Å². The van der Waals surface area contributed by atoms with Gasteiger partial charge in [-0.1, -0.05) is 18.2 Å². The molecule has 0 bridgehead atoms. The summed E-state index contributed by atoms with van der Waals surface area (Å²) in [6.45, 7) is 3.75. The van der Waals surface area contributed by atoms with Gasteiger partial charge in [0.2, 0.25) is 0 Å². The Morgan fingerprint density at radius 1 is 1.29 bits per heavy atom. The van der Waals surface area contributed by atoms with Gasteiger partial charge in [0, 0.05) is 0 Å². The number of esters is 1. The number of phenolic OH excluding ortho intramolecular Hbond substituents is 1. The molecule has 0 unspecified atom stereocenters. The van der Waals surface area contributed by atoms with Gasteiger partial charge in [-0.05, 0) is 48.7 Å². The molecular weight excluding hydrogens is 268 g/mol. The molecule has 108 valence electrons. The van der Waals surface area contributed by atoms with Crippen molar-refractivity contribution in [3.05, 3.63) is 53.1 Å². The number of ether oxygens (including phenoxy) is 1. The second-order valence-corrected chi connectivity index (χ2v) is 4.61. The molecule has 0 spiro atoms. The molecule has 0 aliphatic rings. The SMILES string of the molecule is CCOC(=O)c1ccccc1-c1cc(C)c(O)c(C=O)c1. The van der Waals surface area contributed by atoms with Gasteiger partial charge in [0.25, 0.3) is 0 Å². The Kier molecular flexibility index (Phi) is 4.38. The van der Waals surface area contributed by atoms with E-state index in [-0.39, 0.29) is 11.3 Å². The summed E-state index contributed by atoms with van der Waals surface area (Å²) in [5.74, 6) is -0.450. The van der Waals surface area contributed by atoms with Gasteiger partial charge in [-0.3, -0.25) is 4.79 Å². The van der Waals surface area contributed by atoms with Crippen LogP contribution in [0.25, 0.3) is 11.1 Å². The largest absolute Gasteiger partial charge is 0.507 e. The molecule has 21 heavy (non-hydrogen) atoms. The summed E-state index contributed by atoms with van der Waals surface area (Å²) < 4.78 is 5.04. The summed E-state index contributed by atoms with van der Waals surface area (Å²) in [7, 11) is 0. The van der Waals surface area contributed by atoms with E-state index in [1.54, 1.807) is 50.2 Å². The molecule has 0 aromatic heterocycles. The van der Waals surface area contributed by atoms with Crippen LogP contribution in [0.15, 0.2) is 36.4 Å². The highest BCUT2D eigenvalue weighted by molar-refractivity contribution is 5.98. The molecule has 0 aliphatic carbocycles. The lowest BCUT2D eigenvalue weighted by molar-refractivity contribution is 0.0527. The van der Waals surface area contributed by atoms with E-state index in [2.05, 4.69) is 0 Å². The number of phenols is 1. The van der Waals surface area contributed by atoms with Crippen molar-refractivity contribution in [2.45, 2.75) is 13.8 Å². The van der Waals surface area contributed by atoms with E-state index < -0.39 is 5.97 Å². The molecule has 4 nitrogen and oxygen atoms in total. The van der Waals surface area contributed by atoms with Gasteiger partial charge >= 0.3 is 5.97 Å². The average Bonchev–Trinajstić information content (AvgIpc) is 2.50. The highest BCUT2D eigenvalue weighted by Crippen LogP contribution is 2.31. The van der Waals surface area contributed by atoms with Gasteiger partial charge in [-0.15, -0.1) is 0 Å². The third kappa shape index (κ3) is 2.94. The molecule has 0 aliphatic heterocycles. The van der Waals surface area contributed by atoms with Crippen LogP contribution in [-0.4, -0.2) is 24.0 Å². The first-order valence-electron chi connectivity index (χ1n) is 6.63. The molecule has 2 rings (SSSR count). The first-order chi connectivity index (χ1) is 10.1. The number of aryl methyl sites for hydroxylation is 1. The normalized spacial score (nSPS) is 10.2. The van der Waals surface area contributed by atoms with Gasteiger partial charge in [-0.2, -0.15) is 0 Å². The minimum Gasteiger partial charge on any atom is -0.507 e. The van der Waals surface area contributed by atoms with Gasteiger partial charge in [0.05, 0.1) is 17.7 Å². The first kappa shape index (κ1) is 14.8. The summed E-state index contributed by atoms with van der Waals surface area (Å²) >= 11 is 0. The van der Waals surface area contributed by atoms with Crippen LogP contribution in [0, 0.1) is 6.92 Å². The van der Waals surface area contributed by atoms with Crippen LogP contribution in [0.4, 0.5) is 0 Å². The second-order valence-electron chi connectivity index (χ2n) is 4.61. The third-order valence-corrected chi connectivity index (χ3v) is 3.19. The summed E-state index contributed by atoms with van der Waals surface area (Å²) in [5, 5.41) is 9.81. The maximum Gasteiger partial charge on any atom is 0.338 e. The highest BCUT2D eigenvalue weighted by Gasteiger charge is 2.15. The van der Waals surface area contributed by atoms with Crippen molar-refractivity contribution in [3.8, 4) is 16.9 Å². The second kappa shape index (κ2) is 6.22. The van der Waals surface area contributed by atoms with Crippen molar-refractivity contribution in [1.82, 2.24) is 0 Å². The lowest BCUT2D eigenvalue weighted by atomic mass is 9.96. The highest BCUT2D eigenvalue weighted by atomic mass is 16.5. The zero-order chi connectivity index (χ0) is 15.4. The van der Waals surface area contributed by atoms with Crippen LogP contribution in [0.5, 0.6) is 5.75 Å². The van der Waals surface area contributed by atoms with Crippen molar-refractivity contribution in [2.75, 3.05) is 6.61 Å². The standard InChI is InChI=1S/C17H16O4/c1-3-21-17(20)15-7-5-4-6-14(15)12-8-11(2)16(19)13(9-12)10-18/h4-10,19H,3H2,1-2H3. The van der Waals surface area contributed by atoms with E-state index in [9.17, 15) is 14.7 Å². The maximum absolute atomic E-state index is 12.0. The number of benzene rings is 2. The minimum absolute atomic E-state index is 0.0395. The number of rotatable bonds is 4.